The molecule has 3 aliphatic heterocycles. The van der Waals surface area contributed by atoms with Crippen molar-refractivity contribution in [2.45, 2.75) is 31.8 Å². The summed E-state index contributed by atoms with van der Waals surface area (Å²) < 4.78 is 6.14. The molecular weight excluding hydrogens is 448 g/mol. The van der Waals surface area contributed by atoms with Gasteiger partial charge in [0.2, 0.25) is 0 Å². The van der Waals surface area contributed by atoms with E-state index < -0.39 is 0 Å². The van der Waals surface area contributed by atoms with Crippen LogP contribution in [-0.4, -0.2) is 54.1 Å². The van der Waals surface area contributed by atoms with E-state index in [4.69, 9.17) is 9.41 Å². The van der Waals surface area contributed by atoms with E-state index in [0.717, 1.165) is 64.0 Å². The number of hydrogen-bond acceptors (Lipinski definition) is 6. The average Bonchev–Trinajstić information content (AvgIpc) is 3.69. The quantitative estimate of drug-likeness (QED) is 0.404. The zero-order chi connectivity index (χ0) is 24.2. The van der Waals surface area contributed by atoms with Crippen LogP contribution in [-0.2, 0) is 0 Å². The van der Waals surface area contributed by atoms with Crippen molar-refractivity contribution < 1.29 is 4.42 Å². The lowest BCUT2D eigenvalue weighted by Gasteiger charge is -2.15. The van der Waals surface area contributed by atoms with Crippen molar-refractivity contribution in [1.29, 1.82) is 0 Å². The highest BCUT2D eigenvalue weighted by Gasteiger charge is 2.20. The second kappa shape index (κ2) is 8.22. The minimum Gasteiger partial charge on any atom is -0.453 e. The highest BCUT2D eigenvalue weighted by atomic mass is 16.3. The summed E-state index contributed by atoms with van der Waals surface area (Å²) in [5.41, 5.74) is 6.32. The molecule has 0 aliphatic carbocycles. The van der Waals surface area contributed by atoms with E-state index in [1.807, 2.05) is 0 Å². The fourth-order valence-electron chi connectivity index (χ4n) is 5.15. The molecule has 0 bridgehead atoms. The Bertz CT molecular complexity index is 1620. The number of rotatable bonds is 4. The zero-order valence-electron chi connectivity index (χ0n) is 20.4. The molecule has 0 saturated carbocycles. The first-order valence-electron chi connectivity index (χ1n) is 12.6. The summed E-state index contributed by atoms with van der Waals surface area (Å²) in [6.07, 6.45) is 4.37. The molecule has 2 aromatic carbocycles. The number of dihydropyridines is 1. The Hall–Kier alpha value is -4.13. The van der Waals surface area contributed by atoms with Gasteiger partial charge in [-0.05, 0) is 49.8 Å². The standard InChI is InChI=1S/C29H28N6O/c1-16-13-31-28(33-16)21-6-4-19-9-25(35-24(19)10-21)23-8-7-22(15-30-23)18-3-5-20-12-27(36-26(20)11-18)29-32-14-17(2)34-29/h3-12,16-17,22,35H,13-15H2,1-2H3,(H,31,33)(H,32,34). The molecule has 4 aromatic rings. The van der Waals surface area contributed by atoms with Gasteiger partial charge in [-0.15, -0.1) is 0 Å². The van der Waals surface area contributed by atoms with E-state index in [1.54, 1.807) is 0 Å². The van der Waals surface area contributed by atoms with Gasteiger partial charge in [0.25, 0.3) is 0 Å². The Morgan fingerprint density at radius 3 is 2.36 bits per heavy atom. The summed E-state index contributed by atoms with van der Waals surface area (Å²) in [6, 6.07) is 17.9. The molecule has 3 N–H and O–H groups in total. The maximum atomic E-state index is 6.14. The van der Waals surface area contributed by atoms with Crippen molar-refractivity contribution >= 4 is 39.3 Å². The molecule has 3 unspecified atom stereocenters. The van der Waals surface area contributed by atoms with Crippen LogP contribution in [0.2, 0.25) is 0 Å². The predicted octanol–water partition coefficient (Wildman–Crippen LogP) is 4.53. The third-order valence-electron chi connectivity index (χ3n) is 7.14. The molecule has 0 saturated heterocycles. The number of allylic oxidation sites excluding steroid dienone is 1. The first kappa shape index (κ1) is 21.2. The first-order chi connectivity index (χ1) is 17.6. The van der Waals surface area contributed by atoms with Crippen LogP contribution >= 0.6 is 0 Å². The van der Waals surface area contributed by atoms with Crippen LogP contribution < -0.4 is 10.6 Å². The monoisotopic (exact) mass is 476 g/mol. The number of amidine groups is 2. The van der Waals surface area contributed by atoms with Crippen molar-refractivity contribution in [2.75, 3.05) is 19.6 Å². The largest absolute Gasteiger partial charge is 0.453 e. The van der Waals surface area contributed by atoms with Crippen molar-refractivity contribution in [2.24, 2.45) is 15.0 Å². The van der Waals surface area contributed by atoms with Gasteiger partial charge < -0.3 is 20.0 Å². The van der Waals surface area contributed by atoms with Gasteiger partial charge in [-0.1, -0.05) is 30.3 Å². The van der Waals surface area contributed by atoms with Crippen LogP contribution in [0.3, 0.4) is 0 Å². The Kier molecular flexibility index (Phi) is 4.84. The highest BCUT2D eigenvalue weighted by Crippen LogP contribution is 2.28. The third kappa shape index (κ3) is 3.71. The smallest absolute Gasteiger partial charge is 0.170 e. The number of aromatic nitrogens is 1. The molecule has 36 heavy (non-hydrogen) atoms. The number of benzene rings is 2. The molecule has 7 heteroatoms. The summed E-state index contributed by atoms with van der Waals surface area (Å²) in [6.45, 7) is 6.59. The number of H-pyrrole nitrogens is 1. The van der Waals surface area contributed by atoms with Crippen molar-refractivity contribution in [3.63, 3.8) is 0 Å². The SMILES string of the molecule is CC1CN=C(c2ccc3cc(C4=NCC(c5ccc6cc(C7=NCC(C)N7)oc6c5)C=C4)[nH]c3c2)N1. The van der Waals surface area contributed by atoms with E-state index in [9.17, 15) is 0 Å². The average molecular weight is 477 g/mol. The number of fused-ring (bicyclic) bond motifs is 2. The van der Waals surface area contributed by atoms with E-state index in [-0.39, 0.29) is 5.92 Å². The highest BCUT2D eigenvalue weighted by molar-refractivity contribution is 6.11. The second-order valence-corrected chi connectivity index (χ2v) is 10.1. The van der Waals surface area contributed by atoms with Gasteiger partial charge in [0.05, 0.1) is 31.0 Å². The number of nitrogens with one attached hydrogen (secondary N) is 3. The number of aromatic amines is 1. The molecule has 7 rings (SSSR count). The van der Waals surface area contributed by atoms with Gasteiger partial charge in [-0.2, -0.15) is 0 Å². The summed E-state index contributed by atoms with van der Waals surface area (Å²) in [4.78, 5) is 17.6. The Labute approximate surface area is 209 Å². The first-order valence-corrected chi connectivity index (χ1v) is 12.6. The predicted molar refractivity (Wildman–Crippen MR) is 146 cm³/mol. The van der Waals surface area contributed by atoms with Crippen LogP contribution in [0.5, 0.6) is 0 Å². The molecule has 3 atom stereocenters. The molecule has 0 fully saturated rings. The van der Waals surface area contributed by atoms with Crippen molar-refractivity contribution in [3.8, 4) is 0 Å². The van der Waals surface area contributed by atoms with Gasteiger partial charge in [-0.25, -0.2) is 0 Å². The lowest BCUT2D eigenvalue weighted by atomic mass is 9.95. The van der Waals surface area contributed by atoms with Crippen LogP contribution in [0.4, 0.5) is 0 Å². The Morgan fingerprint density at radius 1 is 0.806 bits per heavy atom. The van der Waals surface area contributed by atoms with Gasteiger partial charge >= 0.3 is 0 Å². The molecule has 7 nitrogen and oxygen atoms in total. The molecule has 0 amide bonds. The summed E-state index contributed by atoms with van der Waals surface area (Å²) in [7, 11) is 0. The number of furan rings is 1. The van der Waals surface area contributed by atoms with Crippen LogP contribution in [0, 0.1) is 0 Å². The van der Waals surface area contributed by atoms with Gasteiger partial charge in [0, 0.05) is 39.9 Å². The van der Waals surface area contributed by atoms with Crippen LogP contribution in [0.1, 0.15) is 42.3 Å². The minimum atomic E-state index is 0.220. The van der Waals surface area contributed by atoms with Crippen LogP contribution in [0.25, 0.3) is 21.9 Å². The number of aliphatic imine (C=N–C) groups is 3. The topological polar surface area (TPSA) is 90.1 Å². The van der Waals surface area contributed by atoms with E-state index in [0.29, 0.717) is 18.6 Å². The lowest BCUT2D eigenvalue weighted by Crippen LogP contribution is -2.27. The molecular formula is C29H28N6O. The molecule has 5 heterocycles. The fraction of sp³-hybridized carbons (Fsp3) is 0.276. The molecule has 3 aliphatic rings. The van der Waals surface area contributed by atoms with Gasteiger partial charge in [0.15, 0.2) is 11.6 Å². The zero-order valence-corrected chi connectivity index (χ0v) is 20.4. The Balaban J connectivity index is 1.10. The second-order valence-electron chi connectivity index (χ2n) is 10.1. The molecule has 0 spiro atoms. The Morgan fingerprint density at radius 2 is 1.61 bits per heavy atom. The van der Waals surface area contributed by atoms with Gasteiger partial charge in [-0.3, -0.25) is 15.0 Å². The van der Waals surface area contributed by atoms with E-state index in [2.05, 4.69) is 100 Å². The molecule has 180 valence electrons. The number of hydrogen-bond donors (Lipinski definition) is 3. The van der Waals surface area contributed by atoms with E-state index >= 15 is 0 Å². The number of nitrogens with zero attached hydrogens (tertiary/aromatic N) is 3. The molecule has 2 aromatic heterocycles. The summed E-state index contributed by atoms with van der Waals surface area (Å²) in [5.74, 6) is 2.84. The molecule has 0 radical (unpaired) electrons. The van der Waals surface area contributed by atoms with Gasteiger partial charge in [0.1, 0.15) is 11.4 Å². The maximum Gasteiger partial charge on any atom is 0.170 e. The van der Waals surface area contributed by atoms with Crippen molar-refractivity contribution in [1.82, 2.24) is 15.6 Å². The minimum absolute atomic E-state index is 0.220. The summed E-state index contributed by atoms with van der Waals surface area (Å²) >= 11 is 0. The van der Waals surface area contributed by atoms with Crippen molar-refractivity contribution in [3.05, 3.63) is 83.3 Å². The fourth-order valence-corrected chi connectivity index (χ4v) is 5.15. The maximum absolute atomic E-state index is 6.14. The third-order valence-corrected chi connectivity index (χ3v) is 7.14. The normalized spacial score (nSPS) is 23.5. The lowest BCUT2D eigenvalue weighted by molar-refractivity contribution is 0.598. The van der Waals surface area contributed by atoms with Crippen LogP contribution in [0.15, 0.2) is 80.1 Å². The van der Waals surface area contributed by atoms with E-state index in [1.165, 1.54) is 10.9 Å². The summed E-state index contributed by atoms with van der Waals surface area (Å²) in [5, 5.41) is 9.08.